The molecule has 0 unspecified atom stereocenters. The van der Waals surface area contributed by atoms with Crippen molar-refractivity contribution in [2.45, 2.75) is 33.9 Å². The highest BCUT2D eigenvalue weighted by Crippen LogP contribution is 2.26. The average Bonchev–Trinajstić information content (AvgIpc) is 3.04. The third-order valence-electron chi connectivity index (χ3n) is 5.33. The van der Waals surface area contributed by atoms with Crippen molar-refractivity contribution in [1.82, 2.24) is 19.4 Å². The van der Waals surface area contributed by atoms with Gasteiger partial charge in [0.25, 0.3) is 0 Å². The molecule has 0 radical (unpaired) electrons. The van der Waals surface area contributed by atoms with Gasteiger partial charge in [-0.15, -0.1) is 0 Å². The molecule has 0 atom stereocenters. The molecular weight excluding hydrogens is 360 g/mol. The highest BCUT2D eigenvalue weighted by molar-refractivity contribution is 5.77. The van der Waals surface area contributed by atoms with Crippen molar-refractivity contribution in [1.29, 1.82) is 5.26 Å². The number of benzene rings is 1. The van der Waals surface area contributed by atoms with Crippen LogP contribution in [0.25, 0.3) is 11.0 Å². The molecule has 6 heteroatoms. The smallest absolute Gasteiger partial charge is 0.234 e. The third-order valence-corrected chi connectivity index (χ3v) is 5.33. The van der Waals surface area contributed by atoms with Crippen molar-refractivity contribution in [3.05, 3.63) is 54.1 Å². The molecule has 0 aliphatic carbocycles. The van der Waals surface area contributed by atoms with E-state index >= 15 is 0 Å². The van der Waals surface area contributed by atoms with Crippen LogP contribution in [0.4, 0.5) is 5.69 Å². The number of hydrogen-bond acceptors (Lipinski definition) is 5. The van der Waals surface area contributed by atoms with Crippen LogP contribution in [-0.2, 0) is 13.1 Å². The lowest BCUT2D eigenvalue weighted by Crippen LogP contribution is -2.46. The second kappa shape index (κ2) is 7.84. The number of para-hydroxylation sites is 1. The average molecular weight is 389 g/mol. The Kier molecular flexibility index (Phi) is 5.25. The number of aromatic nitrogens is 3. The van der Waals surface area contributed by atoms with E-state index in [1.807, 2.05) is 0 Å². The van der Waals surface area contributed by atoms with Gasteiger partial charge >= 0.3 is 0 Å². The van der Waals surface area contributed by atoms with Crippen molar-refractivity contribution in [3.63, 3.8) is 0 Å². The zero-order valence-corrected chi connectivity index (χ0v) is 17.5. The number of nitriles is 1. The Morgan fingerprint density at radius 2 is 1.79 bits per heavy atom. The fraction of sp³-hybridized carbons (Fsp3) is 0.435. The molecule has 29 heavy (non-hydrogen) atoms. The molecule has 2 aromatic heterocycles. The molecule has 4 rings (SSSR count). The molecular formula is C23H28N6. The minimum Gasteiger partial charge on any atom is -0.369 e. The molecule has 150 valence electrons. The van der Waals surface area contributed by atoms with E-state index in [-0.39, 0.29) is 11.2 Å². The van der Waals surface area contributed by atoms with Crippen LogP contribution in [-0.4, -0.2) is 45.6 Å². The second-order valence-electron chi connectivity index (χ2n) is 8.97. The van der Waals surface area contributed by atoms with Gasteiger partial charge < -0.3 is 9.47 Å². The van der Waals surface area contributed by atoms with Gasteiger partial charge in [0.05, 0.1) is 0 Å². The maximum Gasteiger partial charge on any atom is 0.234 e. The van der Waals surface area contributed by atoms with Gasteiger partial charge in [0.1, 0.15) is 11.7 Å². The number of piperazine rings is 1. The minimum atomic E-state index is 0.116. The van der Waals surface area contributed by atoms with Crippen molar-refractivity contribution >= 4 is 16.7 Å². The Labute approximate surface area is 172 Å². The predicted molar refractivity (Wildman–Crippen MR) is 116 cm³/mol. The lowest BCUT2D eigenvalue weighted by molar-refractivity contribution is 0.239. The van der Waals surface area contributed by atoms with Gasteiger partial charge in [0, 0.05) is 62.2 Å². The van der Waals surface area contributed by atoms with Gasteiger partial charge in [-0.1, -0.05) is 39.0 Å². The summed E-state index contributed by atoms with van der Waals surface area (Å²) in [5.74, 6) is 0.230. The number of nitrogens with zero attached hydrogens (tertiary/aromatic N) is 6. The first-order chi connectivity index (χ1) is 13.9. The fourth-order valence-corrected chi connectivity index (χ4v) is 3.96. The highest BCUT2D eigenvalue weighted by atomic mass is 15.3. The topological polar surface area (TPSA) is 61.0 Å². The number of fused-ring (bicyclic) bond motifs is 1. The second-order valence-corrected chi connectivity index (χ2v) is 8.97. The Hall–Kier alpha value is -2.91. The van der Waals surface area contributed by atoms with Gasteiger partial charge in [0.15, 0.2) is 0 Å². The molecule has 0 amide bonds. The van der Waals surface area contributed by atoms with E-state index in [1.165, 1.54) is 11.4 Å². The van der Waals surface area contributed by atoms with E-state index in [9.17, 15) is 5.26 Å². The Bertz CT molecular complexity index is 1020. The largest absolute Gasteiger partial charge is 0.369 e. The molecule has 1 aromatic carbocycles. The molecule has 1 saturated heterocycles. The molecule has 1 aliphatic heterocycles. The zero-order valence-electron chi connectivity index (χ0n) is 17.5. The summed E-state index contributed by atoms with van der Waals surface area (Å²) in [6.45, 7) is 12.6. The Morgan fingerprint density at radius 3 is 2.45 bits per heavy atom. The first kappa shape index (κ1) is 19.4. The van der Waals surface area contributed by atoms with Crippen LogP contribution in [0.15, 0.2) is 42.6 Å². The number of anilines is 1. The van der Waals surface area contributed by atoms with Crippen LogP contribution in [0.3, 0.4) is 0 Å². The van der Waals surface area contributed by atoms with Crippen LogP contribution in [0.1, 0.15) is 32.3 Å². The van der Waals surface area contributed by atoms with Gasteiger partial charge in [-0.2, -0.15) is 5.26 Å². The summed E-state index contributed by atoms with van der Waals surface area (Å²) in [6.07, 6.45) is 1.77. The maximum absolute atomic E-state index is 9.21. The summed E-state index contributed by atoms with van der Waals surface area (Å²) < 4.78 is 2.28. The minimum absolute atomic E-state index is 0.116. The van der Waals surface area contributed by atoms with Crippen molar-refractivity contribution in [3.8, 4) is 6.07 Å². The van der Waals surface area contributed by atoms with Crippen LogP contribution >= 0.6 is 0 Å². The third kappa shape index (κ3) is 4.41. The molecule has 3 aromatic rings. The van der Waals surface area contributed by atoms with Crippen LogP contribution in [0.2, 0.25) is 0 Å². The summed E-state index contributed by atoms with van der Waals surface area (Å²) in [6, 6.07) is 14.9. The monoisotopic (exact) mass is 388 g/mol. The summed E-state index contributed by atoms with van der Waals surface area (Å²) in [5, 5.41) is 10.2. The van der Waals surface area contributed by atoms with Gasteiger partial charge in [-0.05, 0) is 23.6 Å². The van der Waals surface area contributed by atoms with Gasteiger partial charge in [0.2, 0.25) is 5.82 Å². The lowest BCUT2D eigenvalue weighted by atomic mass is 9.97. The summed E-state index contributed by atoms with van der Waals surface area (Å²) in [4.78, 5) is 13.6. The molecule has 3 heterocycles. The fourth-order valence-electron chi connectivity index (χ4n) is 3.96. The molecule has 0 bridgehead atoms. The summed E-state index contributed by atoms with van der Waals surface area (Å²) in [5.41, 5.74) is 3.52. The summed E-state index contributed by atoms with van der Waals surface area (Å²) >= 11 is 0. The number of rotatable bonds is 4. The highest BCUT2D eigenvalue weighted by Gasteiger charge is 2.22. The molecule has 1 fully saturated rings. The Morgan fingerprint density at radius 1 is 1.07 bits per heavy atom. The van der Waals surface area contributed by atoms with E-state index in [0.29, 0.717) is 0 Å². The zero-order chi connectivity index (χ0) is 20.4. The first-order valence-electron chi connectivity index (χ1n) is 10.2. The molecule has 1 aliphatic rings. The molecule has 0 N–H and O–H groups in total. The van der Waals surface area contributed by atoms with Crippen LogP contribution in [0.5, 0.6) is 0 Å². The van der Waals surface area contributed by atoms with E-state index < -0.39 is 0 Å². The molecule has 0 spiro atoms. The van der Waals surface area contributed by atoms with Crippen molar-refractivity contribution < 1.29 is 0 Å². The van der Waals surface area contributed by atoms with E-state index in [2.05, 4.69) is 87.6 Å². The quantitative estimate of drug-likeness (QED) is 0.682. The van der Waals surface area contributed by atoms with Gasteiger partial charge in [-0.25, -0.2) is 9.97 Å². The SMILES string of the molecule is CC(C)(C)Cn1c(CN2CCN(c3ccccc3)CC2)cc2cnc(C#N)nc21. The predicted octanol–water partition coefficient (Wildman–Crippen LogP) is 3.67. The van der Waals surface area contributed by atoms with Crippen molar-refractivity contribution in [2.24, 2.45) is 5.41 Å². The van der Waals surface area contributed by atoms with E-state index in [1.54, 1.807) is 6.20 Å². The summed E-state index contributed by atoms with van der Waals surface area (Å²) in [7, 11) is 0. The standard InChI is InChI=1S/C23H28N6/c1-23(2,3)17-29-20(13-18-15-25-21(14-24)26-22(18)29)16-27-9-11-28(12-10-27)19-7-5-4-6-8-19/h4-8,13,15H,9-12,16-17H2,1-3H3. The number of hydrogen-bond donors (Lipinski definition) is 0. The Balaban J connectivity index is 1.55. The van der Waals surface area contributed by atoms with Crippen LogP contribution < -0.4 is 4.90 Å². The van der Waals surface area contributed by atoms with Crippen LogP contribution in [0, 0.1) is 16.7 Å². The molecule has 6 nitrogen and oxygen atoms in total. The molecule has 0 saturated carbocycles. The maximum atomic E-state index is 9.21. The normalized spacial score (nSPS) is 15.6. The van der Waals surface area contributed by atoms with Gasteiger partial charge in [-0.3, -0.25) is 4.90 Å². The van der Waals surface area contributed by atoms with E-state index in [4.69, 9.17) is 0 Å². The van der Waals surface area contributed by atoms with E-state index in [0.717, 1.165) is 50.3 Å². The first-order valence-corrected chi connectivity index (χ1v) is 10.2. The van der Waals surface area contributed by atoms with Crippen molar-refractivity contribution in [2.75, 3.05) is 31.1 Å². The lowest BCUT2D eigenvalue weighted by Gasteiger charge is -2.36.